The molecule has 140 valence electrons. The van der Waals surface area contributed by atoms with Crippen molar-refractivity contribution in [2.45, 2.75) is 39.3 Å². The number of ether oxygens (including phenoxy) is 1. The molecule has 1 N–H and O–H groups in total. The summed E-state index contributed by atoms with van der Waals surface area (Å²) in [5.74, 6) is 0.951. The van der Waals surface area contributed by atoms with Crippen LogP contribution in [0.2, 0.25) is 0 Å². The quantitative estimate of drug-likeness (QED) is 0.513. The SMILES string of the molecule is CC1=CC(C)(C)Nc2ccc3c(c21)[C@@H](c1cccc(C)c1)Oc1ccccc1-3. The summed E-state index contributed by atoms with van der Waals surface area (Å²) in [5.41, 5.74) is 9.84. The highest BCUT2D eigenvalue weighted by atomic mass is 16.5. The second-order valence-corrected chi connectivity index (χ2v) is 8.53. The van der Waals surface area contributed by atoms with E-state index in [4.69, 9.17) is 4.74 Å². The van der Waals surface area contributed by atoms with Gasteiger partial charge < -0.3 is 10.1 Å². The maximum atomic E-state index is 6.61. The van der Waals surface area contributed by atoms with Crippen molar-refractivity contribution >= 4 is 11.3 Å². The molecular weight excluding hydrogens is 342 g/mol. The number of hydrogen-bond acceptors (Lipinski definition) is 2. The van der Waals surface area contributed by atoms with E-state index >= 15 is 0 Å². The Balaban J connectivity index is 1.81. The van der Waals surface area contributed by atoms with Crippen molar-refractivity contribution in [3.05, 3.63) is 89.0 Å². The number of rotatable bonds is 1. The summed E-state index contributed by atoms with van der Waals surface area (Å²) < 4.78 is 6.61. The minimum atomic E-state index is -0.119. The standard InChI is InChI=1S/C26H25NO/c1-16-8-7-9-18(14-16)25-24-20(19-10-5-6-11-22(19)28-25)12-13-21-23(24)17(2)15-26(3,4)27-21/h5-15,25,27H,1-4H3/t25-/m1/s1. The van der Waals surface area contributed by atoms with Crippen LogP contribution in [0.5, 0.6) is 5.75 Å². The summed E-state index contributed by atoms with van der Waals surface area (Å²) in [5, 5.41) is 3.69. The van der Waals surface area contributed by atoms with Crippen molar-refractivity contribution < 1.29 is 4.74 Å². The third-order valence-electron chi connectivity index (χ3n) is 5.70. The van der Waals surface area contributed by atoms with Crippen LogP contribution in [0.15, 0.2) is 66.7 Å². The van der Waals surface area contributed by atoms with Crippen LogP contribution < -0.4 is 10.1 Å². The average molecular weight is 367 g/mol. The molecule has 2 aliphatic rings. The molecule has 0 saturated heterocycles. The monoisotopic (exact) mass is 367 g/mol. The predicted octanol–water partition coefficient (Wildman–Crippen LogP) is 6.75. The molecule has 0 radical (unpaired) electrons. The Bertz CT molecular complexity index is 1120. The van der Waals surface area contributed by atoms with Gasteiger partial charge in [0.25, 0.3) is 0 Å². The Morgan fingerprint density at radius 1 is 0.893 bits per heavy atom. The van der Waals surface area contributed by atoms with Gasteiger partial charge in [0, 0.05) is 22.4 Å². The van der Waals surface area contributed by atoms with Gasteiger partial charge in [-0.2, -0.15) is 0 Å². The van der Waals surface area contributed by atoms with Gasteiger partial charge in [-0.3, -0.25) is 0 Å². The van der Waals surface area contributed by atoms with Gasteiger partial charge in [-0.1, -0.05) is 60.2 Å². The number of aryl methyl sites for hydroxylation is 1. The van der Waals surface area contributed by atoms with Crippen LogP contribution in [0.4, 0.5) is 5.69 Å². The minimum absolute atomic E-state index is 0.0580. The first kappa shape index (κ1) is 17.1. The Labute approximate surface area is 166 Å². The van der Waals surface area contributed by atoms with E-state index < -0.39 is 0 Å². The van der Waals surface area contributed by atoms with E-state index in [0.29, 0.717) is 0 Å². The molecule has 0 amide bonds. The zero-order valence-electron chi connectivity index (χ0n) is 16.8. The van der Waals surface area contributed by atoms with E-state index in [2.05, 4.69) is 93.7 Å². The van der Waals surface area contributed by atoms with Gasteiger partial charge in [0.05, 0.1) is 5.54 Å². The van der Waals surface area contributed by atoms with Crippen molar-refractivity contribution in [3.8, 4) is 16.9 Å². The van der Waals surface area contributed by atoms with Crippen molar-refractivity contribution in [2.24, 2.45) is 0 Å². The van der Waals surface area contributed by atoms with E-state index in [1.807, 2.05) is 6.07 Å². The van der Waals surface area contributed by atoms with Crippen molar-refractivity contribution in [1.29, 1.82) is 0 Å². The van der Waals surface area contributed by atoms with E-state index in [9.17, 15) is 0 Å². The summed E-state index contributed by atoms with van der Waals surface area (Å²) in [7, 11) is 0. The van der Waals surface area contributed by atoms with Crippen LogP contribution >= 0.6 is 0 Å². The van der Waals surface area contributed by atoms with Crippen LogP contribution in [0.25, 0.3) is 16.7 Å². The minimum Gasteiger partial charge on any atom is -0.480 e. The van der Waals surface area contributed by atoms with Gasteiger partial charge in [-0.05, 0) is 56.5 Å². The molecule has 3 aromatic rings. The van der Waals surface area contributed by atoms with E-state index in [-0.39, 0.29) is 11.6 Å². The maximum Gasteiger partial charge on any atom is 0.150 e. The number of para-hydroxylation sites is 1. The highest BCUT2D eigenvalue weighted by Crippen LogP contribution is 2.50. The van der Waals surface area contributed by atoms with Gasteiger partial charge in [0.2, 0.25) is 0 Å². The van der Waals surface area contributed by atoms with Gasteiger partial charge >= 0.3 is 0 Å². The Hall–Kier alpha value is -3.00. The van der Waals surface area contributed by atoms with Crippen LogP contribution in [0.3, 0.4) is 0 Å². The number of allylic oxidation sites excluding steroid dienone is 1. The smallest absolute Gasteiger partial charge is 0.150 e. The lowest BCUT2D eigenvalue weighted by Gasteiger charge is -2.37. The molecule has 0 unspecified atom stereocenters. The Kier molecular flexibility index (Phi) is 3.67. The molecule has 2 nitrogen and oxygen atoms in total. The van der Waals surface area contributed by atoms with Crippen LogP contribution in [0, 0.1) is 6.92 Å². The van der Waals surface area contributed by atoms with E-state index in [1.165, 1.54) is 44.6 Å². The number of benzene rings is 3. The highest BCUT2D eigenvalue weighted by Gasteiger charge is 2.34. The van der Waals surface area contributed by atoms with Crippen LogP contribution in [-0.2, 0) is 0 Å². The summed E-state index contributed by atoms with van der Waals surface area (Å²) in [4.78, 5) is 0. The fourth-order valence-corrected chi connectivity index (χ4v) is 4.70. The molecule has 0 saturated carbocycles. The maximum absolute atomic E-state index is 6.61. The fraction of sp³-hybridized carbons (Fsp3) is 0.231. The largest absolute Gasteiger partial charge is 0.480 e. The highest BCUT2D eigenvalue weighted by molar-refractivity contribution is 5.90. The van der Waals surface area contributed by atoms with Gasteiger partial charge in [0.1, 0.15) is 5.75 Å². The predicted molar refractivity (Wildman–Crippen MR) is 117 cm³/mol. The van der Waals surface area contributed by atoms with Crippen molar-refractivity contribution in [1.82, 2.24) is 0 Å². The second-order valence-electron chi connectivity index (χ2n) is 8.53. The number of anilines is 1. The average Bonchev–Trinajstić information content (AvgIpc) is 2.65. The van der Waals surface area contributed by atoms with Crippen LogP contribution in [-0.4, -0.2) is 5.54 Å². The van der Waals surface area contributed by atoms with Crippen LogP contribution in [0.1, 0.15) is 49.1 Å². The van der Waals surface area contributed by atoms with E-state index in [0.717, 1.165) is 5.75 Å². The number of fused-ring (bicyclic) bond motifs is 5. The molecule has 0 aliphatic carbocycles. The summed E-state index contributed by atoms with van der Waals surface area (Å²) in [6.07, 6.45) is 2.20. The second kappa shape index (κ2) is 6.00. The lowest BCUT2D eigenvalue weighted by molar-refractivity contribution is 0.243. The molecule has 0 aromatic heterocycles. The lowest BCUT2D eigenvalue weighted by Crippen LogP contribution is -2.32. The Morgan fingerprint density at radius 3 is 2.54 bits per heavy atom. The first-order valence-electron chi connectivity index (χ1n) is 9.90. The number of nitrogens with one attached hydrogen (secondary N) is 1. The zero-order valence-corrected chi connectivity index (χ0v) is 16.8. The molecule has 28 heavy (non-hydrogen) atoms. The first-order valence-corrected chi connectivity index (χ1v) is 9.90. The molecule has 1 atom stereocenters. The Morgan fingerprint density at radius 2 is 1.71 bits per heavy atom. The molecule has 2 heterocycles. The third-order valence-corrected chi connectivity index (χ3v) is 5.70. The topological polar surface area (TPSA) is 21.3 Å². The van der Waals surface area contributed by atoms with Gasteiger partial charge in [-0.15, -0.1) is 0 Å². The van der Waals surface area contributed by atoms with Crippen molar-refractivity contribution in [3.63, 3.8) is 0 Å². The summed E-state index contributed by atoms with van der Waals surface area (Å²) in [6, 6.07) is 21.5. The first-order chi connectivity index (χ1) is 13.4. The fourth-order valence-electron chi connectivity index (χ4n) is 4.70. The summed E-state index contributed by atoms with van der Waals surface area (Å²) in [6.45, 7) is 8.78. The van der Waals surface area contributed by atoms with E-state index in [1.54, 1.807) is 0 Å². The molecule has 0 spiro atoms. The van der Waals surface area contributed by atoms with Crippen molar-refractivity contribution in [2.75, 3.05) is 5.32 Å². The zero-order chi connectivity index (χ0) is 19.5. The lowest BCUT2D eigenvalue weighted by atomic mass is 9.80. The summed E-state index contributed by atoms with van der Waals surface area (Å²) >= 11 is 0. The third kappa shape index (κ3) is 2.63. The molecule has 0 bridgehead atoms. The van der Waals surface area contributed by atoms with Gasteiger partial charge in [0.15, 0.2) is 6.10 Å². The molecule has 5 rings (SSSR count). The molecular formula is C26H25NO. The molecule has 3 aromatic carbocycles. The molecule has 0 fully saturated rings. The van der Waals surface area contributed by atoms with Gasteiger partial charge in [-0.25, -0.2) is 0 Å². The molecule has 2 aliphatic heterocycles. The number of hydrogen-bond donors (Lipinski definition) is 1. The molecule has 2 heteroatoms. The normalized spacial score (nSPS) is 18.7.